The number of amides is 6. The standard InChI is InChI=1S/C14H13F3N4O4/c1-13(7-3-2-4-8(5-7)14(15,16)17)10(23)21(12(25)20-13)6-9(22)19-11(18)24/h2-5H,6H2,1H3,(H,20,25)(H3,18,19,22,24)/t13-/m1/s1. The number of imide groups is 2. The topological polar surface area (TPSA) is 122 Å². The van der Waals surface area contributed by atoms with Crippen molar-refractivity contribution in [1.29, 1.82) is 0 Å². The molecule has 0 aliphatic carbocycles. The summed E-state index contributed by atoms with van der Waals surface area (Å²) in [5, 5.41) is 3.94. The molecule has 1 aliphatic rings. The average Bonchev–Trinajstić information content (AvgIpc) is 2.70. The normalized spacial score (nSPS) is 20.4. The fraction of sp³-hybridized carbons (Fsp3) is 0.286. The van der Waals surface area contributed by atoms with Crippen LogP contribution in [0.25, 0.3) is 0 Å². The second-order valence-corrected chi connectivity index (χ2v) is 5.44. The minimum absolute atomic E-state index is 0.0986. The zero-order valence-corrected chi connectivity index (χ0v) is 12.8. The van der Waals surface area contributed by atoms with Crippen LogP contribution < -0.4 is 16.4 Å². The van der Waals surface area contributed by atoms with Gasteiger partial charge in [-0.05, 0) is 24.6 Å². The third-order valence-electron chi connectivity index (χ3n) is 3.61. The first-order chi connectivity index (χ1) is 11.4. The molecule has 134 valence electrons. The van der Waals surface area contributed by atoms with E-state index in [1.165, 1.54) is 13.0 Å². The third kappa shape index (κ3) is 3.54. The SMILES string of the molecule is C[C@]1(c2cccc(C(F)(F)F)c2)NC(=O)N(CC(=O)NC(N)=O)C1=O. The molecule has 1 fully saturated rings. The maximum Gasteiger partial charge on any atom is 0.416 e. The van der Waals surface area contributed by atoms with E-state index in [1.54, 1.807) is 5.32 Å². The van der Waals surface area contributed by atoms with Crippen molar-refractivity contribution in [2.24, 2.45) is 5.73 Å². The molecule has 2 rings (SSSR count). The molecule has 0 unspecified atom stereocenters. The molecule has 0 saturated carbocycles. The van der Waals surface area contributed by atoms with Gasteiger partial charge in [0.25, 0.3) is 5.91 Å². The molecule has 0 radical (unpaired) electrons. The molecule has 1 atom stereocenters. The van der Waals surface area contributed by atoms with Gasteiger partial charge >= 0.3 is 18.2 Å². The molecule has 1 heterocycles. The molecule has 1 saturated heterocycles. The Bertz CT molecular complexity index is 765. The fourth-order valence-corrected chi connectivity index (χ4v) is 2.36. The largest absolute Gasteiger partial charge is 0.416 e. The van der Waals surface area contributed by atoms with Crippen LogP contribution in [0, 0.1) is 0 Å². The van der Waals surface area contributed by atoms with E-state index in [-0.39, 0.29) is 5.56 Å². The van der Waals surface area contributed by atoms with Gasteiger partial charge in [0.15, 0.2) is 0 Å². The summed E-state index contributed by atoms with van der Waals surface area (Å²) in [6.45, 7) is 0.414. The second-order valence-electron chi connectivity index (χ2n) is 5.44. The van der Waals surface area contributed by atoms with Crippen LogP contribution in [0.15, 0.2) is 24.3 Å². The molecule has 8 nitrogen and oxygen atoms in total. The summed E-state index contributed by atoms with van der Waals surface area (Å²) in [6, 6.07) is 1.77. The fourth-order valence-electron chi connectivity index (χ4n) is 2.36. The third-order valence-corrected chi connectivity index (χ3v) is 3.61. The van der Waals surface area contributed by atoms with Crippen molar-refractivity contribution in [3.05, 3.63) is 35.4 Å². The Kier molecular flexibility index (Phi) is 4.43. The Hall–Kier alpha value is -3.11. The van der Waals surface area contributed by atoms with Gasteiger partial charge in [0.1, 0.15) is 12.1 Å². The van der Waals surface area contributed by atoms with Gasteiger partial charge in [0, 0.05) is 0 Å². The van der Waals surface area contributed by atoms with E-state index in [4.69, 9.17) is 5.73 Å². The number of nitrogens with one attached hydrogen (secondary N) is 2. The number of primary amides is 1. The predicted molar refractivity (Wildman–Crippen MR) is 76.8 cm³/mol. The molecule has 0 aromatic heterocycles. The maximum atomic E-state index is 12.8. The van der Waals surface area contributed by atoms with Gasteiger partial charge in [-0.2, -0.15) is 13.2 Å². The second kappa shape index (κ2) is 6.07. The average molecular weight is 358 g/mol. The van der Waals surface area contributed by atoms with Gasteiger partial charge < -0.3 is 11.1 Å². The number of halogens is 3. The summed E-state index contributed by atoms with van der Waals surface area (Å²) in [7, 11) is 0. The van der Waals surface area contributed by atoms with Gasteiger partial charge in [0.2, 0.25) is 5.91 Å². The Balaban J connectivity index is 2.31. The smallest absolute Gasteiger partial charge is 0.351 e. The minimum Gasteiger partial charge on any atom is -0.351 e. The number of benzene rings is 1. The Morgan fingerprint density at radius 2 is 1.96 bits per heavy atom. The molecule has 4 N–H and O–H groups in total. The van der Waals surface area contributed by atoms with Crippen molar-refractivity contribution in [3.63, 3.8) is 0 Å². The maximum absolute atomic E-state index is 12.8. The monoisotopic (exact) mass is 358 g/mol. The van der Waals surface area contributed by atoms with Crippen molar-refractivity contribution in [2.75, 3.05) is 6.54 Å². The van der Waals surface area contributed by atoms with Gasteiger partial charge in [-0.1, -0.05) is 12.1 Å². The van der Waals surface area contributed by atoms with Crippen LogP contribution in [0.2, 0.25) is 0 Å². The van der Waals surface area contributed by atoms with Crippen molar-refractivity contribution in [3.8, 4) is 0 Å². The summed E-state index contributed by atoms with van der Waals surface area (Å²) < 4.78 is 38.5. The van der Waals surface area contributed by atoms with Crippen molar-refractivity contribution in [2.45, 2.75) is 18.6 Å². The molecule has 1 aromatic rings. The molecule has 0 bridgehead atoms. The van der Waals surface area contributed by atoms with E-state index in [0.717, 1.165) is 18.2 Å². The summed E-state index contributed by atoms with van der Waals surface area (Å²) in [4.78, 5) is 47.0. The number of hydrogen-bond acceptors (Lipinski definition) is 4. The van der Waals surface area contributed by atoms with Crippen molar-refractivity contribution in [1.82, 2.24) is 15.5 Å². The van der Waals surface area contributed by atoms with Crippen LogP contribution in [0.4, 0.5) is 22.8 Å². The molecular formula is C14H13F3N4O4. The zero-order valence-electron chi connectivity index (χ0n) is 12.8. The van der Waals surface area contributed by atoms with Gasteiger partial charge in [0.05, 0.1) is 5.56 Å². The van der Waals surface area contributed by atoms with Gasteiger partial charge in [-0.15, -0.1) is 0 Å². The predicted octanol–water partition coefficient (Wildman–Crippen LogP) is 0.667. The first-order valence-electron chi connectivity index (χ1n) is 6.86. The highest BCUT2D eigenvalue weighted by Crippen LogP contribution is 2.34. The van der Waals surface area contributed by atoms with Crippen LogP contribution >= 0.6 is 0 Å². The van der Waals surface area contributed by atoms with E-state index < -0.39 is 47.7 Å². The van der Waals surface area contributed by atoms with Crippen LogP contribution in [0.3, 0.4) is 0 Å². The van der Waals surface area contributed by atoms with E-state index in [0.29, 0.717) is 4.90 Å². The number of alkyl halides is 3. The lowest BCUT2D eigenvalue weighted by Crippen LogP contribution is -2.45. The van der Waals surface area contributed by atoms with Crippen LogP contribution in [-0.2, 0) is 21.3 Å². The number of hydrogen-bond donors (Lipinski definition) is 3. The van der Waals surface area contributed by atoms with Crippen LogP contribution in [0.5, 0.6) is 0 Å². The van der Waals surface area contributed by atoms with Gasteiger partial charge in [-0.3, -0.25) is 19.8 Å². The molecule has 1 aromatic carbocycles. The van der Waals surface area contributed by atoms with Crippen LogP contribution in [0.1, 0.15) is 18.1 Å². The number of urea groups is 2. The molecule has 11 heteroatoms. The molecule has 1 aliphatic heterocycles. The van der Waals surface area contributed by atoms with E-state index in [1.807, 2.05) is 0 Å². The number of carbonyl (C=O) groups is 4. The summed E-state index contributed by atoms with van der Waals surface area (Å²) in [5.74, 6) is -1.94. The van der Waals surface area contributed by atoms with Gasteiger partial charge in [-0.25, -0.2) is 9.59 Å². The molecule has 25 heavy (non-hydrogen) atoms. The highest BCUT2D eigenvalue weighted by Gasteiger charge is 2.50. The Morgan fingerprint density at radius 3 is 2.52 bits per heavy atom. The lowest BCUT2D eigenvalue weighted by Gasteiger charge is -2.23. The molecule has 0 spiro atoms. The number of nitrogens with two attached hydrogens (primary N) is 1. The highest BCUT2D eigenvalue weighted by atomic mass is 19.4. The summed E-state index contributed by atoms with van der Waals surface area (Å²) in [6.07, 6.45) is -4.63. The molecule has 6 amide bonds. The Labute approximate surface area is 139 Å². The van der Waals surface area contributed by atoms with E-state index in [2.05, 4.69) is 5.32 Å². The lowest BCUT2D eigenvalue weighted by molar-refractivity contribution is -0.138. The van der Waals surface area contributed by atoms with E-state index in [9.17, 15) is 32.3 Å². The minimum atomic E-state index is -4.63. The number of carbonyl (C=O) groups excluding carboxylic acids is 4. The first kappa shape index (κ1) is 18.2. The highest BCUT2D eigenvalue weighted by molar-refractivity contribution is 6.10. The lowest BCUT2D eigenvalue weighted by atomic mass is 9.90. The van der Waals surface area contributed by atoms with Crippen molar-refractivity contribution >= 4 is 23.9 Å². The summed E-state index contributed by atoms with van der Waals surface area (Å²) >= 11 is 0. The number of rotatable bonds is 3. The first-order valence-corrected chi connectivity index (χ1v) is 6.86. The quantitative estimate of drug-likeness (QED) is 0.688. The summed E-state index contributed by atoms with van der Waals surface area (Å²) in [5.41, 5.74) is 1.88. The zero-order chi connectivity index (χ0) is 19.0. The van der Waals surface area contributed by atoms with Crippen LogP contribution in [-0.4, -0.2) is 35.3 Å². The number of nitrogens with zero attached hydrogens (tertiary/aromatic N) is 1. The van der Waals surface area contributed by atoms with Crippen molar-refractivity contribution < 1.29 is 32.3 Å². The molecular weight excluding hydrogens is 345 g/mol. The Morgan fingerprint density at radius 1 is 1.32 bits per heavy atom. The van der Waals surface area contributed by atoms with E-state index >= 15 is 0 Å².